The van der Waals surface area contributed by atoms with Gasteiger partial charge < -0.3 is 11.5 Å². The highest BCUT2D eigenvalue weighted by molar-refractivity contribution is 5.98. The van der Waals surface area contributed by atoms with E-state index in [1.54, 1.807) is 6.07 Å². The number of aryl methyl sites for hydroxylation is 1. The third-order valence-electron chi connectivity index (χ3n) is 2.59. The van der Waals surface area contributed by atoms with Crippen molar-refractivity contribution in [3.05, 3.63) is 47.7 Å². The molecule has 0 atom stereocenters. The van der Waals surface area contributed by atoms with Crippen LogP contribution in [-0.2, 0) is 0 Å². The van der Waals surface area contributed by atoms with Gasteiger partial charge >= 0.3 is 0 Å². The third-order valence-corrected chi connectivity index (χ3v) is 2.59. The molecule has 1 aromatic heterocycles. The van der Waals surface area contributed by atoms with Gasteiger partial charge in [0.25, 0.3) is 5.91 Å². The van der Waals surface area contributed by atoms with Crippen LogP contribution in [0.5, 0.6) is 0 Å². The summed E-state index contributed by atoms with van der Waals surface area (Å²) < 4.78 is 0. The molecule has 4 heteroatoms. The smallest absolute Gasteiger partial charge is 0.252 e. The molecule has 0 fully saturated rings. The maximum Gasteiger partial charge on any atom is 0.252 e. The van der Waals surface area contributed by atoms with Crippen molar-refractivity contribution in [1.82, 2.24) is 4.98 Å². The van der Waals surface area contributed by atoms with Crippen LogP contribution in [0.4, 0.5) is 5.82 Å². The molecule has 0 spiro atoms. The first kappa shape index (κ1) is 11.1. The average molecular weight is 227 g/mol. The lowest BCUT2D eigenvalue weighted by Crippen LogP contribution is -2.15. The fourth-order valence-electron chi connectivity index (χ4n) is 1.73. The summed E-state index contributed by atoms with van der Waals surface area (Å²) in [5, 5.41) is 0. The van der Waals surface area contributed by atoms with Gasteiger partial charge in [-0.25, -0.2) is 4.98 Å². The maximum absolute atomic E-state index is 11.2. The summed E-state index contributed by atoms with van der Waals surface area (Å²) in [5.41, 5.74) is 13.8. The van der Waals surface area contributed by atoms with E-state index >= 15 is 0 Å². The number of carbonyl (C=O) groups is 1. The quantitative estimate of drug-likeness (QED) is 0.819. The molecule has 4 nitrogen and oxygen atoms in total. The van der Waals surface area contributed by atoms with Gasteiger partial charge in [-0.15, -0.1) is 0 Å². The Bertz CT molecular complexity index is 564. The van der Waals surface area contributed by atoms with E-state index in [0.29, 0.717) is 0 Å². The number of benzene rings is 1. The predicted octanol–water partition coefficient (Wildman–Crippen LogP) is 1.74. The van der Waals surface area contributed by atoms with Gasteiger partial charge in [-0.3, -0.25) is 4.79 Å². The van der Waals surface area contributed by atoms with Crippen molar-refractivity contribution in [2.24, 2.45) is 5.73 Å². The minimum absolute atomic E-state index is 0.176. The average Bonchev–Trinajstić information content (AvgIpc) is 2.29. The summed E-state index contributed by atoms with van der Waals surface area (Å²) >= 11 is 0. The monoisotopic (exact) mass is 227 g/mol. The fraction of sp³-hybridized carbons (Fsp3) is 0.0769. The molecular formula is C13H13N3O. The van der Waals surface area contributed by atoms with Crippen LogP contribution in [0.1, 0.15) is 16.1 Å². The van der Waals surface area contributed by atoms with Crippen molar-refractivity contribution in [1.29, 1.82) is 0 Å². The maximum atomic E-state index is 11.2. The van der Waals surface area contributed by atoms with Gasteiger partial charge in [0.2, 0.25) is 0 Å². The molecule has 1 amide bonds. The molecule has 2 aromatic rings. The molecule has 0 bridgehead atoms. The zero-order valence-electron chi connectivity index (χ0n) is 9.47. The molecule has 0 unspecified atom stereocenters. The zero-order valence-corrected chi connectivity index (χ0v) is 9.47. The summed E-state index contributed by atoms with van der Waals surface area (Å²) in [7, 11) is 0. The summed E-state index contributed by atoms with van der Waals surface area (Å²) in [6.45, 7) is 1.85. The topological polar surface area (TPSA) is 82.0 Å². The van der Waals surface area contributed by atoms with Crippen LogP contribution in [0.25, 0.3) is 11.1 Å². The van der Waals surface area contributed by atoms with E-state index in [2.05, 4.69) is 4.98 Å². The Morgan fingerprint density at radius 2 is 1.88 bits per heavy atom. The number of nitrogens with two attached hydrogens (primary N) is 2. The number of nitrogen functional groups attached to an aromatic ring is 1. The van der Waals surface area contributed by atoms with Crippen molar-refractivity contribution in [3.8, 4) is 11.1 Å². The number of amides is 1. The molecule has 86 valence electrons. The van der Waals surface area contributed by atoms with Crippen LogP contribution < -0.4 is 11.5 Å². The first-order valence-corrected chi connectivity index (χ1v) is 5.22. The van der Waals surface area contributed by atoms with Crippen LogP contribution in [0.3, 0.4) is 0 Å². The lowest BCUT2D eigenvalue weighted by atomic mass is 10.0. The Labute approximate surface area is 99.3 Å². The Hall–Kier alpha value is -2.36. The van der Waals surface area contributed by atoms with E-state index in [1.807, 2.05) is 37.3 Å². The number of primary amides is 1. The van der Waals surface area contributed by atoms with Crippen LogP contribution in [0.2, 0.25) is 0 Å². The standard InChI is InChI=1S/C13H13N3O/c1-8-10(9-5-3-2-4-6-9)7-11(13(15)17)12(14)16-8/h2-7H,1H3,(H2,14,16)(H2,15,17). The van der Waals surface area contributed by atoms with E-state index in [-0.39, 0.29) is 11.4 Å². The Morgan fingerprint density at radius 3 is 2.47 bits per heavy atom. The minimum Gasteiger partial charge on any atom is -0.383 e. The molecule has 0 radical (unpaired) electrons. The second-order valence-electron chi connectivity index (χ2n) is 3.78. The first-order valence-electron chi connectivity index (χ1n) is 5.22. The number of nitrogens with zero attached hydrogens (tertiary/aromatic N) is 1. The molecule has 4 N–H and O–H groups in total. The largest absolute Gasteiger partial charge is 0.383 e. The zero-order chi connectivity index (χ0) is 12.4. The third kappa shape index (κ3) is 2.10. The van der Waals surface area contributed by atoms with Gasteiger partial charge in [-0.05, 0) is 18.6 Å². The van der Waals surface area contributed by atoms with Gasteiger partial charge in [-0.2, -0.15) is 0 Å². The molecule has 1 heterocycles. The molecule has 0 saturated carbocycles. The van der Waals surface area contributed by atoms with Crippen LogP contribution >= 0.6 is 0 Å². The summed E-state index contributed by atoms with van der Waals surface area (Å²) in [6, 6.07) is 11.4. The molecule has 0 aliphatic heterocycles. The highest BCUT2D eigenvalue weighted by atomic mass is 16.1. The Kier molecular flexibility index (Phi) is 2.78. The summed E-state index contributed by atoms with van der Waals surface area (Å²) in [4.78, 5) is 15.4. The normalized spacial score (nSPS) is 10.2. The highest BCUT2D eigenvalue weighted by Crippen LogP contribution is 2.25. The second-order valence-corrected chi connectivity index (χ2v) is 3.78. The number of rotatable bonds is 2. The number of aromatic nitrogens is 1. The molecule has 2 rings (SSSR count). The van der Waals surface area contributed by atoms with Crippen LogP contribution in [0, 0.1) is 6.92 Å². The van der Waals surface area contributed by atoms with Crippen LogP contribution in [-0.4, -0.2) is 10.9 Å². The van der Waals surface area contributed by atoms with Gasteiger partial charge in [0.15, 0.2) is 0 Å². The Morgan fingerprint density at radius 1 is 1.24 bits per heavy atom. The SMILES string of the molecule is Cc1nc(N)c(C(N)=O)cc1-c1ccccc1. The summed E-state index contributed by atoms with van der Waals surface area (Å²) in [5.74, 6) is -0.387. The van der Waals surface area contributed by atoms with Gasteiger partial charge in [0.1, 0.15) is 5.82 Å². The van der Waals surface area contributed by atoms with Gasteiger partial charge in [-0.1, -0.05) is 30.3 Å². The molecule has 0 aliphatic carbocycles. The van der Waals surface area contributed by atoms with Crippen molar-refractivity contribution in [2.75, 3.05) is 5.73 Å². The van der Waals surface area contributed by atoms with E-state index in [9.17, 15) is 4.79 Å². The van der Waals surface area contributed by atoms with Crippen molar-refractivity contribution < 1.29 is 4.79 Å². The molecule has 17 heavy (non-hydrogen) atoms. The minimum atomic E-state index is -0.563. The number of carbonyl (C=O) groups excluding carboxylic acids is 1. The number of hydrogen-bond donors (Lipinski definition) is 2. The first-order chi connectivity index (χ1) is 8.09. The van der Waals surface area contributed by atoms with Gasteiger partial charge in [0.05, 0.1) is 5.56 Å². The lowest BCUT2D eigenvalue weighted by molar-refractivity contribution is 0.100. The van der Waals surface area contributed by atoms with Crippen molar-refractivity contribution in [3.63, 3.8) is 0 Å². The van der Waals surface area contributed by atoms with Crippen molar-refractivity contribution in [2.45, 2.75) is 6.92 Å². The molecule has 0 saturated heterocycles. The second kappa shape index (κ2) is 4.25. The molecule has 0 aliphatic rings. The van der Waals surface area contributed by atoms with Gasteiger partial charge in [0, 0.05) is 11.3 Å². The van der Waals surface area contributed by atoms with Crippen molar-refractivity contribution >= 4 is 11.7 Å². The number of pyridine rings is 1. The van der Waals surface area contributed by atoms with E-state index < -0.39 is 5.91 Å². The highest BCUT2D eigenvalue weighted by Gasteiger charge is 2.12. The van der Waals surface area contributed by atoms with E-state index in [4.69, 9.17) is 11.5 Å². The van der Waals surface area contributed by atoms with Crippen LogP contribution in [0.15, 0.2) is 36.4 Å². The number of anilines is 1. The predicted molar refractivity (Wildman–Crippen MR) is 67.3 cm³/mol. The van der Waals surface area contributed by atoms with E-state index in [1.165, 1.54) is 0 Å². The lowest BCUT2D eigenvalue weighted by Gasteiger charge is -2.09. The van der Waals surface area contributed by atoms with E-state index in [0.717, 1.165) is 16.8 Å². The fourth-order valence-corrected chi connectivity index (χ4v) is 1.73. The molecule has 1 aromatic carbocycles. The number of hydrogen-bond acceptors (Lipinski definition) is 3. The Balaban J connectivity index is 2.63. The summed E-state index contributed by atoms with van der Waals surface area (Å²) in [6.07, 6.45) is 0. The molecular weight excluding hydrogens is 214 g/mol.